The van der Waals surface area contributed by atoms with E-state index in [1.54, 1.807) is 0 Å². The molecule has 258 valence electrons. The van der Waals surface area contributed by atoms with Crippen LogP contribution in [-0.4, -0.2) is 14.1 Å². The third kappa shape index (κ3) is 5.20. The van der Waals surface area contributed by atoms with Crippen LogP contribution < -0.4 is 0 Å². The van der Waals surface area contributed by atoms with Gasteiger partial charge in [0.15, 0.2) is 11.4 Å². The Labute approximate surface area is 322 Å². The van der Waals surface area contributed by atoms with Gasteiger partial charge in [0, 0.05) is 27.1 Å². The summed E-state index contributed by atoms with van der Waals surface area (Å²) in [6.07, 6.45) is 1.97. The molecule has 10 rings (SSSR count). The van der Waals surface area contributed by atoms with E-state index in [1.165, 1.54) is 0 Å². The van der Waals surface area contributed by atoms with Crippen molar-refractivity contribution in [2.45, 2.75) is 0 Å². The van der Waals surface area contributed by atoms with E-state index in [0.717, 1.165) is 88.5 Å². The molecule has 0 N–H and O–H groups in total. The Balaban J connectivity index is 1.20. The first kappa shape index (κ1) is 32.4. The van der Waals surface area contributed by atoms with Crippen molar-refractivity contribution in [2.24, 2.45) is 0 Å². The van der Waals surface area contributed by atoms with Crippen LogP contribution >= 0.6 is 0 Å². The fraction of sp³-hybridized carbons (Fsp3) is 0. The molecule has 6 nitrogen and oxygen atoms in total. The highest BCUT2D eigenvalue weighted by molar-refractivity contribution is 6.12. The number of benzene rings is 7. The molecule has 10 aromatic rings. The molecule has 0 bridgehead atoms. The number of rotatable bonds is 5. The lowest BCUT2D eigenvalue weighted by Crippen LogP contribution is -2.03. The van der Waals surface area contributed by atoms with Crippen molar-refractivity contribution in [1.82, 2.24) is 14.1 Å². The highest BCUT2D eigenvalue weighted by atomic mass is 15.1. The average Bonchev–Trinajstić information content (AvgIpc) is 3.78. The molecule has 56 heavy (non-hydrogen) atoms. The van der Waals surface area contributed by atoms with Gasteiger partial charge in [0.2, 0.25) is 0 Å². The Hall–Kier alpha value is -8.24. The van der Waals surface area contributed by atoms with Gasteiger partial charge in [0.05, 0.1) is 58.7 Å². The van der Waals surface area contributed by atoms with Gasteiger partial charge < -0.3 is 4.57 Å². The summed E-state index contributed by atoms with van der Waals surface area (Å²) in [6.45, 7) is 15.0. The van der Waals surface area contributed by atoms with Crippen molar-refractivity contribution in [3.05, 3.63) is 198 Å². The molecule has 0 fully saturated rings. The summed E-state index contributed by atoms with van der Waals surface area (Å²) in [5, 5.41) is 13.8. The number of aromatic nitrogens is 3. The predicted molar refractivity (Wildman–Crippen MR) is 226 cm³/mol. The van der Waals surface area contributed by atoms with Crippen molar-refractivity contribution in [2.75, 3.05) is 0 Å². The Morgan fingerprint density at radius 3 is 1.48 bits per heavy atom. The number of pyridine rings is 1. The standard InChI is InChI=1S/C50H28N6/c1-52-38-21-15-34(16-22-38)37-19-25-47-43(27-37)40-7-3-5-9-45(40)55(47)49-31-54-50(29-42(49)35-17-23-39(53-2)24-18-35)56-46-10-6-4-8-41(46)44-28-36(20-26-48(44)56)33-13-11-32(30-51)12-14-33/h3-29,31H. The van der Waals surface area contributed by atoms with E-state index < -0.39 is 0 Å². The first-order chi connectivity index (χ1) is 27.6. The molecule has 0 aliphatic rings. The lowest BCUT2D eigenvalue weighted by molar-refractivity contribution is 1.06. The number of para-hydroxylation sites is 2. The normalized spacial score (nSPS) is 11.2. The van der Waals surface area contributed by atoms with E-state index in [1.807, 2.05) is 79.0 Å². The topological polar surface area (TPSA) is 55.3 Å². The lowest BCUT2D eigenvalue weighted by atomic mass is 10.0. The largest absolute Gasteiger partial charge is 0.307 e. The van der Waals surface area contributed by atoms with Crippen LogP contribution in [0.3, 0.4) is 0 Å². The highest BCUT2D eigenvalue weighted by Gasteiger charge is 2.20. The smallest absolute Gasteiger partial charge is 0.187 e. The van der Waals surface area contributed by atoms with Crippen molar-refractivity contribution < 1.29 is 0 Å². The molecule has 7 aromatic carbocycles. The summed E-state index contributed by atoms with van der Waals surface area (Å²) in [6, 6.07) is 57.5. The molecule has 0 saturated heterocycles. The van der Waals surface area contributed by atoms with Gasteiger partial charge in [-0.2, -0.15) is 5.26 Å². The molecule has 3 aromatic heterocycles. The third-order valence-corrected chi connectivity index (χ3v) is 10.7. The van der Waals surface area contributed by atoms with Crippen LogP contribution in [0.4, 0.5) is 11.4 Å². The van der Waals surface area contributed by atoms with E-state index in [2.05, 4.69) is 116 Å². The maximum Gasteiger partial charge on any atom is 0.187 e. The fourth-order valence-electron chi connectivity index (χ4n) is 7.96. The summed E-state index contributed by atoms with van der Waals surface area (Å²) < 4.78 is 4.52. The number of nitriles is 1. The first-order valence-corrected chi connectivity index (χ1v) is 18.2. The van der Waals surface area contributed by atoms with Gasteiger partial charge in [-0.3, -0.25) is 4.57 Å². The Kier molecular flexibility index (Phi) is 7.53. The summed E-state index contributed by atoms with van der Waals surface area (Å²) >= 11 is 0. The minimum Gasteiger partial charge on any atom is -0.307 e. The van der Waals surface area contributed by atoms with Crippen molar-refractivity contribution >= 4 is 55.0 Å². The van der Waals surface area contributed by atoms with E-state index in [4.69, 9.17) is 18.1 Å². The molecular weight excluding hydrogens is 685 g/mol. The van der Waals surface area contributed by atoms with E-state index in [9.17, 15) is 5.26 Å². The SMILES string of the molecule is [C-]#[N+]c1ccc(-c2ccc3c(c2)c2ccccc2n3-c2cnc(-n3c4ccccc4c4cc(-c5ccc(C#N)cc5)ccc43)cc2-c2ccc([N+]#[C-])cc2)cc1. The quantitative estimate of drug-likeness (QED) is 0.167. The van der Waals surface area contributed by atoms with Gasteiger partial charge in [0.25, 0.3) is 0 Å². The molecule has 0 atom stereocenters. The number of hydrogen-bond donors (Lipinski definition) is 0. The van der Waals surface area contributed by atoms with Crippen LogP contribution in [0.5, 0.6) is 0 Å². The van der Waals surface area contributed by atoms with Crippen LogP contribution in [0.25, 0.3) is 98.2 Å². The Morgan fingerprint density at radius 2 is 0.929 bits per heavy atom. The van der Waals surface area contributed by atoms with Crippen molar-refractivity contribution in [1.29, 1.82) is 5.26 Å². The van der Waals surface area contributed by atoms with Crippen LogP contribution in [0.1, 0.15) is 5.56 Å². The van der Waals surface area contributed by atoms with Gasteiger partial charge in [-0.1, -0.05) is 109 Å². The first-order valence-electron chi connectivity index (χ1n) is 18.2. The van der Waals surface area contributed by atoms with E-state index in [0.29, 0.717) is 16.9 Å². The van der Waals surface area contributed by atoms with E-state index >= 15 is 0 Å². The van der Waals surface area contributed by atoms with Gasteiger partial charge in [-0.05, 0) is 82.4 Å². The minimum absolute atomic E-state index is 0.582. The molecule has 0 spiro atoms. The molecular formula is C50H28N6. The predicted octanol–water partition coefficient (Wildman–Crippen LogP) is 13.3. The maximum absolute atomic E-state index is 9.33. The van der Waals surface area contributed by atoms with Gasteiger partial charge in [-0.15, -0.1) is 0 Å². The molecule has 0 saturated carbocycles. The van der Waals surface area contributed by atoms with Crippen LogP contribution in [0.2, 0.25) is 0 Å². The Bertz CT molecular complexity index is 3310. The summed E-state index contributed by atoms with van der Waals surface area (Å²) in [5.74, 6) is 0.779. The number of hydrogen-bond acceptors (Lipinski definition) is 2. The molecule has 0 amide bonds. The molecule has 0 unspecified atom stereocenters. The second kappa shape index (κ2) is 13.0. The summed E-state index contributed by atoms with van der Waals surface area (Å²) in [4.78, 5) is 12.5. The molecule has 0 aliphatic carbocycles. The maximum atomic E-state index is 9.33. The zero-order chi connectivity index (χ0) is 37.8. The van der Waals surface area contributed by atoms with Crippen LogP contribution in [0, 0.1) is 24.5 Å². The average molecular weight is 713 g/mol. The molecule has 0 aliphatic heterocycles. The van der Waals surface area contributed by atoms with Crippen molar-refractivity contribution in [3.8, 4) is 51.0 Å². The molecule has 0 radical (unpaired) electrons. The van der Waals surface area contributed by atoms with Crippen molar-refractivity contribution in [3.63, 3.8) is 0 Å². The second-order valence-electron chi connectivity index (χ2n) is 13.7. The number of nitrogens with zero attached hydrogens (tertiary/aromatic N) is 6. The Morgan fingerprint density at radius 1 is 0.464 bits per heavy atom. The third-order valence-electron chi connectivity index (χ3n) is 10.7. The summed E-state index contributed by atoms with van der Waals surface area (Å²) in [5.41, 5.74) is 13.2. The fourth-order valence-corrected chi connectivity index (χ4v) is 7.96. The van der Waals surface area contributed by atoms with Gasteiger partial charge >= 0.3 is 0 Å². The zero-order valence-electron chi connectivity index (χ0n) is 29.8. The van der Waals surface area contributed by atoms with Gasteiger partial charge in [0.1, 0.15) is 5.82 Å². The monoisotopic (exact) mass is 712 g/mol. The van der Waals surface area contributed by atoms with E-state index in [-0.39, 0.29) is 0 Å². The zero-order valence-corrected chi connectivity index (χ0v) is 29.8. The minimum atomic E-state index is 0.582. The summed E-state index contributed by atoms with van der Waals surface area (Å²) in [7, 11) is 0. The number of fused-ring (bicyclic) bond motifs is 6. The van der Waals surface area contributed by atoms with Crippen LogP contribution in [0.15, 0.2) is 170 Å². The highest BCUT2D eigenvalue weighted by Crippen LogP contribution is 2.40. The van der Waals surface area contributed by atoms with Crippen LogP contribution in [-0.2, 0) is 0 Å². The lowest BCUT2D eigenvalue weighted by Gasteiger charge is -2.17. The molecule has 6 heteroatoms. The molecule has 3 heterocycles. The second-order valence-corrected chi connectivity index (χ2v) is 13.7. The van der Waals surface area contributed by atoms with Gasteiger partial charge in [-0.25, -0.2) is 14.7 Å².